The van der Waals surface area contributed by atoms with Gasteiger partial charge in [-0.3, -0.25) is 4.90 Å². The third-order valence-corrected chi connectivity index (χ3v) is 5.03. The molecule has 1 heterocycles. The molecule has 1 aliphatic heterocycles. The van der Waals surface area contributed by atoms with Crippen LogP contribution in [-0.4, -0.2) is 45.9 Å². The van der Waals surface area contributed by atoms with Gasteiger partial charge in [0, 0.05) is 11.5 Å². The Morgan fingerprint density at radius 1 is 1.29 bits per heavy atom. The van der Waals surface area contributed by atoms with Gasteiger partial charge in [-0.25, -0.2) is 9.59 Å². The van der Waals surface area contributed by atoms with Crippen molar-refractivity contribution < 1.29 is 24.2 Å². The van der Waals surface area contributed by atoms with Gasteiger partial charge in [-0.15, -0.1) is 6.58 Å². The van der Waals surface area contributed by atoms with Gasteiger partial charge in [0.15, 0.2) is 0 Å². The highest BCUT2D eigenvalue weighted by molar-refractivity contribution is 5.81. The zero-order chi connectivity index (χ0) is 20.9. The van der Waals surface area contributed by atoms with Gasteiger partial charge in [-0.1, -0.05) is 30.7 Å². The van der Waals surface area contributed by atoms with Gasteiger partial charge >= 0.3 is 12.1 Å². The molecular formula is C22H31NO5. The SMILES string of the molecule is C=C[C@H]1CCC[C@H](N(C(=O)O)C(C)(C)C)C(=O)O[C@@H](C)[C@@H]1Oc1ccccc1. The first-order valence-corrected chi connectivity index (χ1v) is 9.72. The predicted octanol–water partition coefficient (Wildman–Crippen LogP) is 4.50. The molecule has 0 unspecified atom stereocenters. The highest BCUT2D eigenvalue weighted by Crippen LogP contribution is 2.29. The van der Waals surface area contributed by atoms with Gasteiger partial charge in [-0.05, 0) is 52.7 Å². The Morgan fingerprint density at radius 3 is 2.46 bits per heavy atom. The van der Waals surface area contributed by atoms with E-state index in [1.165, 1.54) is 4.90 Å². The number of benzene rings is 1. The Bertz CT molecular complexity index is 682. The van der Waals surface area contributed by atoms with Crippen LogP contribution in [-0.2, 0) is 9.53 Å². The lowest BCUT2D eigenvalue weighted by atomic mass is 9.92. The molecule has 0 radical (unpaired) electrons. The van der Waals surface area contributed by atoms with E-state index in [4.69, 9.17) is 9.47 Å². The van der Waals surface area contributed by atoms with E-state index in [2.05, 4.69) is 6.58 Å². The Labute approximate surface area is 167 Å². The molecule has 0 saturated carbocycles. The number of rotatable bonds is 4. The number of esters is 1. The van der Waals surface area contributed by atoms with Crippen molar-refractivity contribution in [2.45, 2.75) is 70.7 Å². The van der Waals surface area contributed by atoms with Crippen LogP contribution in [0.2, 0.25) is 0 Å². The number of carboxylic acid groups (broad SMARTS) is 1. The minimum atomic E-state index is -1.13. The Balaban J connectivity index is 2.29. The predicted molar refractivity (Wildman–Crippen MR) is 107 cm³/mol. The summed E-state index contributed by atoms with van der Waals surface area (Å²) >= 11 is 0. The largest absolute Gasteiger partial charge is 0.486 e. The molecule has 6 heteroatoms. The maximum Gasteiger partial charge on any atom is 0.408 e. The van der Waals surface area contributed by atoms with Crippen LogP contribution < -0.4 is 4.74 Å². The summed E-state index contributed by atoms with van der Waals surface area (Å²) in [6.07, 6.45) is 1.56. The van der Waals surface area contributed by atoms with Crippen molar-refractivity contribution in [2.24, 2.45) is 5.92 Å². The molecule has 0 aromatic heterocycles. The average molecular weight is 389 g/mol. The van der Waals surface area contributed by atoms with Crippen molar-refractivity contribution in [1.29, 1.82) is 0 Å². The van der Waals surface area contributed by atoms with Crippen molar-refractivity contribution in [1.82, 2.24) is 4.90 Å². The van der Waals surface area contributed by atoms with Gasteiger partial charge in [0.2, 0.25) is 0 Å². The highest BCUT2D eigenvalue weighted by Gasteiger charge is 2.41. The second-order valence-corrected chi connectivity index (χ2v) is 8.21. The number of amides is 1. The molecule has 1 aromatic rings. The molecule has 2 rings (SSSR count). The standard InChI is InChI=1S/C22H31NO5/c1-6-16-11-10-14-18(23(21(25)26)22(3,4)5)20(24)27-15(2)19(16)28-17-12-8-7-9-13-17/h6-9,12-13,15-16,18-19H,1,10-11,14H2,2-5H3,(H,25,26)/t15-,16-,18-,19-/m0/s1. The summed E-state index contributed by atoms with van der Waals surface area (Å²) in [5.41, 5.74) is -0.718. The minimum absolute atomic E-state index is 0.0188. The first-order valence-electron chi connectivity index (χ1n) is 9.72. The molecule has 0 bridgehead atoms. The van der Waals surface area contributed by atoms with Crippen molar-refractivity contribution in [2.75, 3.05) is 0 Å². The van der Waals surface area contributed by atoms with Crippen molar-refractivity contribution in [3.05, 3.63) is 43.0 Å². The van der Waals surface area contributed by atoms with E-state index < -0.39 is 35.9 Å². The van der Waals surface area contributed by atoms with Gasteiger partial charge in [0.25, 0.3) is 0 Å². The molecule has 1 N–H and O–H groups in total. The molecule has 28 heavy (non-hydrogen) atoms. The third kappa shape index (κ3) is 5.27. The lowest BCUT2D eigenvalue weighted by molar-refractivity contribution is -0.160. The molecule has 1 aliphatic rings. The van der Waals surface area contributed by atoms with Gasteiger partial charge in [0.1, 0.15) is 24.0 Å². The van der Waals surface area contributed by atoms with E-state index in [1.54, 1.807) is 27.7 Å². The molecule has 6 nitrogen and oxygen atoms in total. The van der Waals surface area contributed by atoms with Crippen LogP contribution in [0.15, 0.2) is 43.0 Å². The zero-order valence-corrected chi connectivity index (χ0v) is 17.1. The summed E-state index contributed by atoms with van der Waals surface area (Å²) in [5, 5.41) is 9.70. The maximum atomic E-state index is 12.9. The number of carbonyl (C=O) groups is 2. The van der Waals surface area contributed by atoms with Crippen LogP contribution in [0, 0.1) is 5.92 Å². The first kappa shape index (κ1) is 21.8. The van der Waals surface area contributed by atoms with Crippen LogP contribution in [0.25, 0.3) is 0 Å². The summed E-state index contributed by atoms with van der Waals surface area (Å²) in [6, 6.07) is 8.54. The van der Waals surface area contributed by atoms with Crippen LogP contribution in [0.1, 0.15) is 47.0 Å². The quantitative estimate of drug-likeness (QED) is 0.606. The van der Waals surface area contributed by atoms with Crippen LogP contribution in [0.3, 0.4) is 0 Å². The number of carbonyl (C=O) groups excluding carboxylic acids is 1. The van der Waals surface area contributed by atoms with Crippen molar-refractivity contribution >= 4 is 12.1 Å². The molecule has 1 aromatic carbocycles. The normalized spacial score (nSPS) is 26.2. The lowest BCUT2D eigenvalue weighted by Crippen LogP contribution is -2.55. The summed E-state index contributed by atoms with van der Waals surface area (Å²) in [7, 11) is 0. The monoisotopic (exact) mass is 389 g/mol. The summed E-state index contributed by atoms with van der Waals surface area (Å²) in [6.45, 7) is 11.0. The first-order chi connectivity index (χ1) is 13.1. The number of para-hydroxylation sites is 1. The number of cyclic esters (lactones) is 1. The van der Waals surface area contributed by atoms with Crippen LogP contribution >= 0.6 is 0 Å². The molecular weight excluding hydrogens is 358 g/mol. The van der Waals surface area contributed by atoms with Gasteiger partial charge in [0.05, 0.1) is 0 Å². The summed E-state index contributed by atoms with van der Waals surface area (Å²) in [4.78, 5) is 26.0. The molecule has 1 amide bonds. The smallest absolute Gasteiger partial charge is 0.408 e. The third-order valence-electron chi connectivity index (χ3n) is 5.03. The fourth-order valence-corrected chi connectivity index (χ4v) is 3.72. The second kappa shape index (κ2) is 9.13. The number of hydrogen-bond acceptors (Lipinski definition) is 4. The zero-order valence-electron chi connectivity index (χ0n) is 17.1. The summed E-state index contributed by atoms with van der Waals surface area (Å²) in [5.74, 6) is 0.144. The molecule has 1 fully saturated rings. The van der Waals surface area contributed by atoms with E-state index in [-0.39, 0.29) is 5.92 Å². The molecule has 0 aliphatic carbocycles. The van der Waals surface area contributed by atoms with E-state index in [0.29, 0.717) is 18.6 Å². The molecule has 1 saturated heterocycles. The van der Waals surface area contributed by atoms with E-state index in [1.807, 2.05) is 36.4 Å². The highest BCUT2D eigenvalue weighted by atomic mass is 16.6. The summed E-state index contributed by atoms with van der Waals surface area (Å²) < 4.78 is 11.9. The van der Waals surface area contributed by atoms with E-state index in [0.717, 1.165) is 6.42 Å². The van der Waals surface area contributed by atoms with Crippen molar-refractivity contribution in [3.8, 4) is 5.75 Å². The minimum Gasteiger partial charge on any atom is -0.486 e. The number of ether oxygens (including phenoxy) is 2. The second-order valence-electron chi connectivity index (χ2n) is 8.21. The fourth-order valence-electron chi connectivity index (χ4n) is 3.72. The van der Waals surface area contributed by atoms with Crippen LogP contribution in [0.5, 0.6) is 5.75 Å². The topological polar surface area (TPSA) is 76.1 Å². The maximum absolute atomic E-state index is 12.9. The fraction of sp³-hybridized carbons (Fsp3) is 0.545. The van der Waals surface area contributed by atoms with Crippen molar-refractivity contribution in [3.63, 3.8) is 0 Å². The Kier molecular flexibility index (Phi) is 7.11. The molecule has 154 valence electrons. The van der Waals surface area contributed by atoms with E-state index >= 15 is 0 Å². The molecule has 4 atom stereocenters. The number of hydrogen-bond donors (Lipinski definition) is 1. The Hall–Kier alpha value is -2.50. The Morgan fingerprint density at radius 2 is 1.93 bits per heavy atom. The van der Waals surface area contributed by atoms with Gasteiger partial charge < -0.3 is 14.6 Å². The van der Waals surface area contributed by atoms with E-state index in [9.17, 15) is 14.7 Å². The van der Waals surface area contributed by atoms with Gasteiger partial charge in [-0.2, -0.15) is 0 Å². The number of nitrogens with zero attached hydrogens (tertiary/aromatic N) is 1. The molecule has 0 spiro atoms. The van der Waals surface area contributed by atoms with Crippen LogP contribution in [0.4, 0.5) is 4.79 Å². The average Bonchev–Trinajstić information content (AvgIpc) is 2.66. The lowest BCUT2D eigenvalue weighted by Gasteiger charge is -2.38.